The van der Waals surface area contributed by atoms with Gasteiger partial charge in [-0.2, -0.15) is 0 Å². The lowest BCUT2D eigenvalue weighted by molar-refractivity contribution is 0.0454. The van der Waals surface area contributed by atoms with Crippen molar-refractivity contribution in [3.63, 3.8) is 0 Å². The van der Waals surface area contributed by atoms with Gasteiger partial charge in [-0.3, -0.25) is 4.79 Å². The smallest absolute Gasteiger partial charge is 0.338 e. The first-order valence-electron chi connectivity index (χ1n) is 9.51. The van der Waals surface area contributed by atoms with Crippen LogP contribution in [0.2, 0.25) is 0 Å². The minimum atomic E-state index is -0.434. The summed E-state index contributed by atoms with van der Waals surface area (Å²) in [5.74, 6) is 0.771. The predicted octanol–water partition coefficient (Wildman–Crippen LogP) is 3.85. The van der Waals surface area contributed by atoms with Gasteiger partial charge < -0.3 is 19.5 Å². The number of esters is 1. The molecule has 6 nitrogen and oxygen atoms in total. The summed E-state index contributed by atoms with van der Waals surface area (Å²) in [6.45, 7) is 6.97. The zero-order valence-corrected chi connectivity index (χ0v) is 16.6. The number of carbonyl (C=O) groups is 2. The molecule has 1 N–H and O–H groups in total. The third-order valence-corrected chi connectivity index (χ3v) is 4.07. The Kier molecular flexibility index (Phi) is 8.34. The van der Waals surface area contributed by atoms with Gasteiger partial charge in [-0.25, -0.2) is 4.79 Å². The van der Waals surface area contributed by atoms with Crippen molar-refractivity contribution < 1.29 is 23.8 Å². The van der Waals surface area contributed by atoms with Gasteiger partial charge in [-0.1, -0.05) is 6.92 Å². The summed E-state index contributed by atoms with van der Waals surface area (Å²) in [6, 6.07) is 13.4. The Hall–Kier alpha value is -3.02. The third-order valence-electron chi connectivity index (χ3n) is 4.07. The number of benzene rings is 2. The molecule has 0 aliphatic carbocycles. The molecule has 1 unspecified atom stereocenters. The molecule has 1 amide bonds. The zero-order chi connectivity index (χ0) is 20.4. The van der Waals surface area contributed by atoms with E-state index in [4.69, 9.17) is 14.2 Å². The van der Waals surface area contributed by atoms with Crippen molar-refractivity contribution >= 4 is 11.9 Å². The second-order valence-electron chi connectivity index (χ2n) is 6.09. The third kappa shape index (κ3) is 6.30. The summed E-state index contributed by atoms with van der Waals surface area (Å²) in [5.41, 5.74) is 0.968. The Morgan fingerprint density at radius 1 is 0.821 bits per heavy atom. The lowest BCUT2D eigenvalue weighted by atomic mass is 10.1. The molecule has 0 aromatic heterocycles. The van der Waals surface area contributed by atoms with Crippen molar-refractivity contribution in [2.45, 2.75) is 33.2 Å². The van der Waals surface area contributed by atoms with Gasteiger partial charge in [0.1, 0.15) is 18.1 Å². The van der Waals surface area contributed by atoms with Gasteiger partial charge >= 0.3 is 5.97 Å². The molecular weight excluding hydrogens is 358 g/mol. The number of nitrogens with one attached hydrogen (secondary N) is 1. The van der Waals surface area contributed by atoms with Gasteiger partial charge in [0.15, 0.2) is 0 Å². The van der Waals surface area contributed by atoms with E-state index in [1.165, 1.54) is 0 Å². The molecule has 1 atom stereocenters. The van der Waals surface area contributed by atoms with Gasteiger partial charge in [0.05, 0.1) is 24.8 Å². The minimum Gasteiger partial charge on any atom is -0.494 e. The van der Waals surface area contributed by atoms with Crippen LogP contribution in [0.4, 0.5) is 0 Å². The molecule has 6 heteroatoms. The van der Waals surface area contributed by atoms with Crippen LogP contribution in [-0.2, 0) is 4.74 Å². The summed E-state index contributed by atoms with van der Waals surface area (Å²) in [5, 5.41) is 2.89. The number of carbonyl (C=O) groups excluding carboxylic acids is 2. The average molecular weight is 385 g/mol. The first-order valence-corrected chi connectivity index (χ1v) is 9.51. The Bertz CT molecular complexity index is 756. The largest absolute Gasteiger partial charge is 0.494 e. The molecule has 0 fully saturated rings. The van der Waals surface area contributed by atoms with Crippen LogP contribution in [-0.4, -0.2) is 37.7 Å². The van der Waals surface area contributed by atoms with Crippen molar-refractivity contribution in [2.24, 2.45) is 0 Å². The van der Waals surface area contributed by atoms with E-state index >= 15 is 0 Å². The lowest BCUT2D eigenvalue weighted by Gasteiger charge is -2.17. The highest BCUT2D eigenvalue weighted by Crippen LogP contribution is 2.14. The highest BCUT2D eigenvalue weighted by molar-refractivity contribution is 5.94. The second kappa shape index (κ2) is 11.0. The van der Waals surface area contributed by atoms with Crippen LogP contribution >= 0.6 is 0 Å². The minimum absolute atomic E-state index is 0.102. The number of amides is 1. The second-order valence-corrected chi connectivity index (χ2v) is 6.09. The van der Waals surface area contributed by atoms with Crippen LogP contribution in [0.5, 0.6) is 11.5 Å². The van der Waals surface area contributed by atoms with Gasteiger partial charge in [-0.05, 0) is 68.8 Å². The highest BCUT2D eigenvalue weighted by Gasteiger charge is 2.15. The van der Waals surface area contributed by atoms with E-state index in [2.05, 4.69) is 5.32 Å². The van der Waals surface area contributed by atoms with Gasteiger partial charge in [-0.15, -0.1) is 0 Å². The topological polar surface area (TPSA) is 73.9 Å². The zero-order valence-electron chi connectivity index (χ0n) is 16.6. The normalized spacial score (nSPS) is 11.4. The van der Waals surface area contributed by atoms with E-state index in [1.54, 1.807) is 48.5 Å². The van der Waals surface area contributed by atoms with Crippen molar-refractivity contribution in [2.75, 3.05) is 19.8 Å². The van der Waals surface area contributed by atoms with E-state index < -0.39 is 5.97 Å². The number of ether oxygens (including phenoxy) is 3. The first kappa shape index (κ1) is 21.3. The number of rotatable bonds is 10. The lowest BCUT2D eigenvalue weighted by Crippen LogP contribution is -2.38. The van der Waals surface area contributed by atoms with Gasteiger partial charge in [0.2, 0.25) is 0 Å². The van der Waals surface area contributed by atoms with Crippen LogP contribution in [0.25, 0.3) is 0 Å². The molecule has 2 aromatic rings. The van der Waals surface area contributed by atoms with Crippen molar-refractivity contribution in [3.05, 3.63) is 59.7 Å². The Labute approximate surface area is 165 Å². The first-order chi connectivity index (χ1) is 13.6. The van der Waals surface area contributed by atoms with Crippen molar-refractivity contribution in [1.82, 2.24) is 5.32 Å². The maximum atomic E-state index is 12.4. The van der Waals surface area contributed by atoms with E-state index in [1.807, 2.05) is 20.8 Å². The van der Waals surface area contributed by atoms with Crippen LogP contribution in [0, 0.1) is 0 Å². The van der Waals surface area contributed by atoms with Crippen LogP contribution in [0.15, 0.2) is 48.5 Å². The molecule has 2 rings (SSSR count). The van der Waals surface area contributed by atoms with Crippen molar-refractivity contribution in [3.8, 4) is 11.5 Å². The fourth-order valence-corrected chi connectivity index (χ4v) is 2.51. The summed E-state index contributed by atoms with van der Waals surface area (Å²) < 4.78 is 16.1. The number of hydrogen-bond acceptors (Lipinski definition) is 5. The summed E-state index contributed by atoms with van der Waals surface area (Å²) >= 11 is 0. The fourth-order valence-electron chi connectivity index (χ4n) is 2.51. The Morgan fingerprint density at radius 3 is 1.79 bits per heavy atom. The van der Waals surface area contributed by atoms with E-state index in [0.29, 0.717) is 36.5 Å². The number of hydrogen-bond donors (Lipinski definition) is 1. The summed E-state index contributed by atoms with van der Waals surface area (Å²) in [6.07, 6.45) is 0.638. The molecule has 0 bridgehead atoms. The molecule has 0 spiro atoms. The van der Waals surface area contributed by atoms with E-state index in [9.17, 15) is 9.59 Å². The quantitative estimate of drug-likeness (QED) is 0.629. The molecule has 150 valence electrons. The standard InChI is InChI=1S/C22H27NO5/c1-4-18(23-21(24)16-7-11-19(12-8-16)26-5-2)15-28-22(25)17-9-13-20(14-10-17)27-6-3/h7-14,18H,4-6,15H2,1-3H3,(H,23,24). The molecular formula is C22H27NO5. The molecule has 0 saturated heterocycles. The predicted molar refractivity (Wildman–Crippen MR) is 107 cm³/mol. The van der Waals surface area contributed by atoms with Crippen LogP contribution < -0.4 is 14.8 Å². The van der Waals surface area contributed by atoms with E-state index in [0.717, 1.165) is 5.75 Å². The molecule has 0 aliphatic heterocycles. The molecule has 0 saturated carbocycles. The summed E-state index contributed by atoms with van der Waals surface area (Å²) in [7, 11) is 0. The molecule has 0 heterocycles. The van der Waals surface area contributed by atoms with Gasteiger partial charge in [0.25, 0.3) is 5.91 Å². The van der Waals surface area contributed by atoms with Crippen LogP contribution in [0.3, 0.4) is 0 Å². The molecule has 0 radical (unpaired) electrons. The monoisotopic (exact) mass is 385 g/mol. The maximum absolute atomic E-state index is 12.4. The van der Waals surface area contributed by atoms with Crippen molar-refractivity contribution in [1.29, 1.82) is 0 Å². The average Bonchev–Trinajstić information content (AvgIpc) is 2.72. The Morgan fingerprint density at radius 2 is 1.32 bits per heavy atom. The summed E-state index contributed by atoms with van der Waals surface area (Å²) in [4.78, 5) is 24.6. The highest BCUT2D eigenvalue weighted by atomic mass is 16.5. The molecule has 28 heavy (non-hydrogen) atoms. The van der Waals surface area contributed by atoms with E-state index in [-0.39, 0.29) is 18.6 Å². The maximum Gasteiger partial charge on any atom is 0.338 e. The van der Waals surface area contributed by atoms with Crippen LogP contribution in [0.1, 0.15) is 47.9 Å². The Balaban J connectivity index is 1.87. The molecule has 0 aliphatic rings. The molecule has 2 aromatic carbocycles. The van der Waals surface area contributed by atoms with Gasteiger partial charge in [0, 0.05) is 5.56 Å². The SMILES string of the molecule is CCOc1ccc(C(=O)NC(CC)COC(=O)c2ccc(OCC)cc2)cc1. The fraction of sp³-hybridized carbons (Fsp3) is 0.364.